The molecule has 0 aliphatic carbocycles. The molecule has 0 atom stereocenters. The first kappa shape index (κ1) is 16.0. The van der Waals surface area contributed by atoms with E-state index in [1.807, 2.05) is 6.07 Å². The summed E-state index contributed by atoms with van der Waals surface area (Å²) in [6.07, 6.45) is -4.87. The lowest BCUT2D eigenvalue weighted by molar-refractivity contribution is -0.140. The maximum absolute atomic E-state index is 13.7. The Morgan fingerprint density at radius 3 is 2.45 bits per heavy atom. The number of nitrogens with zero attached hydrogens (tertiary/aromatic N) is 1. The van der Waals surface area contributed by atoms with Gasteiger partial charge in [0.1, 0.15) is 5.82 Å². The average Bonchev–Trinajstić information content (AvgIpc) is 2.35. The van der Waals surface area contributed by atoms with Crippen LogP contribution in [0.2, 0.25) is 0 Å². The van der Waals surface area contributed by atoms with E-state index in [4.69, 9.17) is 5.26 Å². The number of carbonyl (C=O) groups excluding carboxylic acids is 1. The third-order valence-electron chi connectivity index (χ3n) is 2.54. The van der Waals surface area contributed by atoms with Crippen molar-refractivity contribution >= 4 is 5.91 Å². The van der Waals surface area contributed by atoms with Gasteiger partial charge in [0.25, 0.3) is 5.91 Å². The predicted molar refractivity (Wildman–Crippen MR) is 63.1 cm³/mol. The Hall–Kier alpha value is -2.10. The standard InChI is InChI=1S/C13H12F4N2O/c1-12(2,6-18)7-19-11(20)8-4-3-5-9(10(8)14)13(15,16)17/h3-5H,7H2,1-2H3,(H,19,20). The Labute approximate surface area is 113 Å². The van der Waals surface area contributed by atoms with Crippen molar-refractivity contribution in [3.63, 3.8) is 0 Å². The van der Waals surface area contributed by atoms with Crippen LogP contribution in [-0.2, 0) is 6.18 Å². The van der Waals surface area contributed by atoms with Gasteiger partial charge in [-0.3, -0.25) is 4.79 Å². The number of benzene rings is 1. The highest BCUT2D eigenvalue weighted by Gasteiger charge is 2.35. The van der Waals surface area contributed by atoms with Crippen molar-refractivity contribution in [3.8, 4) is 6.07 Å². The third-order valence-corrected chi connectivity index (χ3v) is 2.54. The number of rotatable bonds is 3. The Kier molecular flexibility index (Phi) is 4.38. The Morgan fingerprint density at radius 1 is 1.35 bits per heavy atom. The summed E-state index contributed by atoms with van der Waals surface area (Å²) in [4.78, 5) is 11.7. The molecule has 0 aliphatic heterocycles. The molecule has 0 radical (unpaired) electrons. The molecular formula is C13H12F4N2O. The number of carbonyl (C=O) groups is 1. The number of halogens is 4. The van der Waals surface area contributed by atoms with Crippen molar-refractivity contribution in [2.75, 3.05) is 6.54 Å². The molecule has 0 fully saturated rings. The highest BCUT2D eigenvalue weighted by molar-refractivity contribution is 5.94. The fourth-order valence-corrected chi connectivity index (χ4v) is 1.36. The number of amides is 1. The molecule has 0 saturated heterocycles. The molecule has 0 bridgehead atoms. The fourth-order valence-electron chi connectivity index (χ4n) is 1.36. The smallest absolute Gasteiger partial charge is 0.350 e. The summed E-state index contributed by atoms with van der Waals surface area (Å²) in [5, 5.41) is 11.0. The summed E-state index contributed by atoms with van der Waals surface area (Å²) >= 11 is 0. The summed E-state index contributed by atoms with van der Waals surface area (Å²) in [5.41, 5.74) is -3.09. The topological polar surface area (TPSA) is 52.9 Å². The second kappa shape index (κ2) is 5.49. The molecule has 108 valence electrons. The maximum Gasteiger partial charge on any atom is 0.419 e. The molecular weight excluding hydrogens is 276 g/mol. The zero-order valence-corrected chi connectivity index (χ0v) is 10.8. The van der Waals surface area contributed by atoms with Crippen molar-refractivity contribution in [1.82, 2.24) is 5.32 Å². The molecule has 1 aromatic rings. The van der Waals surface area contributed by atoms with Crippen LogP contribution in [0.3, 0.4) is 0 Å². The van der Waals surface area contributed by atoms with Gasteiger partial charge in [-0.15, -0.1) is 0 Å². The van der Waals surface area contributed by atoms with Gasteiger partial charge in [-0.1, -0.05) is 6.07 Å². The van der Waals surface area contributed by atoms with E-state index in [-0.39, 0.29) is 6.54 Å². The highest BCUT2D eigenvalue weighted by Crippen LogP contribution is 2.32. The normalized spacial score (nSPS) is 11.8. The Balaban J connectivity index is 2.99. The number of hydrogen-bond acceptors (Lipinski definition) is 2. The zero-order chi connectivity index (χ0) is 15.6. The first-order chi connectivity index (χ1) is 9.08. The van der Waals surface area contributed by atoms with Crippen molar-refractivity contribution in [2.45, 2.75) is 20.0 Å². The van der Waals surface area contributed by atoms with Crippen LogP contribution in [0.1, 0.15) is 29.8 Å². The summed E-state index contributed by atoms with van der Waals surface area (Å²) in [6.45, 7) is 2.98. The summed E-state index contributed by atoms with van der Waals surface area (Å²) < 4.78 is 51.2. The number of hydrogen-bond donors (Lipinski definition) is 1. The van der Waals surface area contributed by atoms with Gasteiger partial charge in [0.2, 0.25) is 0 Å². The van der Waals surface area contributed by atoms with Crippen LogP contribution in [0.5, 0.6) is 0 Å². The van der Waals surface area contributed by atoms with Gasteiger partial charge in [-0.25, -0.2) is 4.39 Å². The molecule has 0 unspecified atom stereocenters. The quantitative estimate of drug-likeness (QED) is 0.869. The molecule has 1 rings (SSSR count). The number of nitriles is 1. The molecule has 1 aromatic carbocycles. The third kappa shape index (κ3) is 3.70. The van der Waals surface area contributed by atoms with Gasteiger partial charge >= 0.3 is 6.18 Å². The fraction of sp³-hybridized carbons (Fsp3) is 0.385. The second-order valence-corrected chi connectivity index (χ2v) is 4.84. The van der Waals surface area contributed by atoms with Crippen LogP contribution >= 0.6 is 0 Å². The molecule has 7 heteroatoms. The lowest BCUT2D eigenvalue weighted by Crippen LogP contribution is -2.33. The van der Waals surface area contributed by atoms with Crippen LogP contribution < -0.4 is 5.32 Å². The molecule has 0 heterocycles. The second-order valence-electron chi connectivity index (χ2n) is 4.84. The van der Waals surface area contributed by atoms with E-state index in [1.54, 1.807) is 0 Å². The predicted octanol–water partition coefficient (Wildman–Crippen LogP) is 3.12. The average molecular weight is 288 g/mol. The summed E-state index contributed by atoms with van der Waals surface area (Å²) in [7, 11) is 0. The van der Waals surface area contributed by atoms with E-state index in [0.29, 0.717) is 6.07 Å². The van der Waals surface area contributed by atoms with Crippen LogP contribution in [-0.4, -0.2) is 12.5 Å². The molecule has 1 N–H and O–H groups in total. The van der Waals surface area contributed by atoms with Crippen molar-refractivity contribution < 1.29 is 22.4 Å². The molecule has 0 saturated carbocycles. The molecule has 20 heavy (non-hydrogen) atoms. The van der Waals surface area contributed by atoms with E-state index in [9.17, 15) is 22.4 Å². The molecule has 0 aromatic heterocycles. The highest BCUT2D eigenvalue weighted by atomic mass is 19.4. The first-order valence-electron chi connectivity index (χ1n) is 5.63. The van der Waals surface area contributed by atoms with Gasteiger partial charge in [0.15, 0.2) is 0 Å². The molecule has 1 amide bonds. The number of alkyl halides is 3. The largest absolute Gasteiger partial charge is 0.419 e. The van der Waals surface area contributed by atoms with Gasteiger partial charge in [-0.2, -0.15) is 18.4 Å². The Bertz CT molecular complexity index is 558. The van der Waals surface area contributed by atoms with Gasteiger partial charge < -0.3 is 5.32 Å². The van der Waals surface area contributed by atoms with Gasteiger partial charge in [-0.05, 0) is 26.0 Å². The van der Waals surface area contributed by atoms with Crippen LogP contribution in [0, 0.1) is 22.6 Å². The monoisotopic (exact) mass is 288 g/mol. The van der Waals surface area contributed by atoms with Crippen molar-refractivity contribution in [1.29, 1.82) is 5.26 Å². The molecule has 3 nitrogen and oxygen atoms in total. The Morgan fingerprint density at radius 2 is 1.95 bits per heavy atom. The zero-order valence-electron chi connectivity index (χ0n) is 10.8. The number of nitrogens with one attached hydrogen (secondary N) is 1. The maximum atomic E-state index is 13.7. The molecule has 0 spiro atoms. The molecule has 0 aliphatic rings. The first-order valence-corrected chi connectivity index (χ1v) is 5.63. The lowest BCUT2D eigenvalue weighted by atomic mass is 9.96. The van der Waals surface area contributed by atoms with Crippen molar-refractivity contribution in [3.05, 3.63) is 35.1 Å². The minimum Gasteiger partial charge on any atom is -0.350 e. The lowest BCUT2D eigenvalue weighted by Gasteiger charge is -2.16. The van der Waals surface area contributed by atoms with Crippen molar-refractivity contribution in [2.24, 2.45) is 5.41 Å². The minimum atomic E-state index is -4.87. The van der Waals surface area contributed by atoms with E-state index in [1.165, 1.54) is 13.8 Å². The van der Waals surface area contributed by atoms with Gasteiger partial charge in [0.05, 0.1) is 22.6 Å². The SMILES string of the molecule is CC(C)(C#N)CNC(=O)c1cccc(C(F)(F)F)c1F. The van der Waals surface area contributed by atoms with E-state index in [0.717, 1.165) is 12.1 Å². The van der Waals surface area contributed by atoms with Gasteiger partial charge in [0, 0.05) is 6.54 Å². The summed E-state index contributed by atoms with van der Waals surface area (Å²) in [6, 6.07) is 4.38. The van der Waals surface area contributed by atoms with Crippen LogP contribution in [0.4, 0.5) is 17.6 Å². The van der Waals surface area contributed by atoms with E-state index < -0.39 is 34.4 Å². The summed E-state index contributed by atoms with van der Waals surface area (Å²) in [5.74, 6) is -2.61. The van der Waals surface area contributed by atoms with Crippen LogP contribution in [0.15, 0.2) is 18.2 Å². The van der Waals surface area contributed by atoms with E-state index in [2.05, 4.69) is 5.32 Å². The van der Waals surface area contributed by atoms with E-state index >= 15 is 0 Å². The van der Waals surface area contributed by atoms with Crippen LogP contribution in [0.25, 0.3) is 0 Å². The minimum absolute atomic E-state index is 0.0992.